The van der Waals surface area contributed by atoms with E-state index < -0.39 is 12.1 Å². The Morgan fingerprint density at radius 3 is 2.30 bits per heavy atom. The molecule has 3 N–H and O–H groups in total. The molecule has 0 spiro atoms. The Morgan fingerprint density at radius 1 is 1.13 bits per heavy atom. The lowest BCUT2D eigenvalue weighted by Crippen LogP contribution is -2.51. The van der Waals surface area contributed by atoms with Gasteiger partial charge in [-0.25, -0.2) is 9.59 Å². The van der Waals surface area contributed by atoms with E-state index in [1.807, 2.05) is 27.7 Å². The number of nitrogens with one attached hydrogen (secondary N) is 3. The van der Waals surface area contributed by atoms with Crippen LogP contribution in [0.3, 0.4) is 0 Å². The molecule has 0 aliphatic carbocycles. The van der Waals surface area contributed by atoms with Crippen molar-refractivity contribution >= 4 is 18.0 Å². The first-order valence-electron chi connectivity index (χ1n) is 7.94. The molecule has 0 unspecified atom stereocenters. The van der Waals surface area contributed by atoms with Crippen LogP contribution in [0.25, 0.3) is 0 Å². The van der Waals surface area contributed by atoms with Crippen molar-refractivity contribution < 1.29 is 19.1 Å². The summed E-state index contributed by atoms with van der Waals surface area (Å²) in [5, 5.41) is 8.19. The first-order valence-corrected chi connectivity index (χ1v) is 7.94. The van der Waals surface area contributed by atoms with E-state index in [1.165, 1.54) is 7.11 Å². The number of hydrogen-bond donors (Lipinski definition) is 3. The molecule has 132 valence electrons. The minimum atomic E-state index is -0.634. The van der Waals surface area contributed by atoms with Crippen molar-refractivity contribution in [2.75, 3.05) is 20.2 Å². The summed E-state index contributed by atoms with van der Waals surface area (Å²) in [4.78, 5) is 37.3. The van der Waals surface area contributed by atoms with E-state index in [0.29, 0.717) is 19.5 Å². The summed E-state index contributed by atoms with van der Waals surface area (Å²) in [5.74, 6) is -0.211. The van der Waals surface area contributed by atoms with E-state index in [2.05, 4.69) is 20.7 Å². The van der Waals surface area contributed by atoms with Crippen LogP contribution in [-0.4, -0.2) is 61.3 Å². The highest BCUT2D eigenvalue weighted by molar-refractivity contribution is 5.86. The van der Waals surface area contributed by atoms with Gasteiger partial charge in [0.2, 0.25) is 5.91 Å². The number of ether oxygens (including phenoxy) is 1. The summed E-state index contributed by atoms with van der Waals surface area (Å²) in [5.41, 5.74) is 0. The van der Waals surface area contributed by atoms with Crippen molar-refractivity contribution in [1.82, 2.24) is 20.9 Å². The van der Waals surface area contributed by atoms with E-state index in [0.717, 1.165) is 0 Å². The van der Waals surface area contributed by atoms with E-state index in [4.69, 9.17) is 0 Å². The summed E-state index contributed by atoms with van der Waals surface area (Å²) < 4.78 is 4.57. The monoisotopic (exact) mass is 328 g/mol. The van der Waals surface area contributed by atoms with Crippen LogP contribution in [0.15, 0.2) is 0 Å². The molecule has 0 saturated carbocycles. The van der Waals surface area contributed by atoms with Crippen LogP contribution in [0, 0.1) is 5.92 Å². The smallest absolute Gasteiger partial charge is 0.407 e. The fraction of sp³-hybridized carbons (Fsp3) is 0.800. The molecule has 1 rings (SSSR count). The van der Waals surface area contributed by atoms with Crippen LogP contribution < -0.4 is 16.0 Å². The molecule has 8 nitrogen and oxygen atoms in total. The van der Waals surface area contributed by atoms with Crippen LogP contribution in [0.1, 0.15) is 34.1 Å². The van der Waals surface area contributed by atoms with E-state index in [9.17, 15) is 14.4 Å². The lowest BCUT2D eigenvalue weighted by molar-refractivity contribution is -0.133. The number of amides is 4. The molecule has 1 saturated heterocycles. The Kier molecular flexibility index (Phi) is 7.12. The molecular weight excluding hydrogens is 300 g/mol. The Morgan fingerprint density at radius 2 is 1.78 bits per heavy atom. The summed E-state index contributed by atoms with van der Waals surface area (Å²) in [6.45, 7) is 8.49. The van der Waals surface area contributed by atoms with E-state index >= 15 is 0 Å². The number of alkyl carbamates (subject to hydrolysis) is 1. The fourth-order valence-corrected chi connectivity index (χ4v) is 2.46. The van der Waals surface area contributed by atoms with Gasteiger partial charge < -0.3 is 25.6 Å². The molecule has 1 heterocycles. The molecule has 0 bridgehead atoms. The second-order valence-electron chi connectivity index (χ2n) is 6.40. The lowest BCUT2D eigenvalue weighted by atomic mass is 10.0. The maximum atomic E-state index is 12.6. The lowest BCUT2D eigenvalue weighted by Gasteiger charge is -2.26. The molecule has 1 aliphatic rings. The van der Waals surface area contributed by atoms with Crippen molar-refractivity contribution in [1.29, 1.82) is 0 Å². The van der Waals surface area contributed by atoms with Crippen molar-refractivity contribution in [3.8, 4) is 0 Å². The number of carbonyl (C=O) groups is 3. The minimum absolute atomic E-state index is 0.0575. The van der Waals surface area contributed by atoms with Gasteiger partial charge in [0.15, 0.2) is 0 Å². The third-order valence-electron chi connectivity index (χ3n) is 3.65. The predicted octanol–water partition coefficient (Wildman–Crippen LogP) is 0.676. The molecular formula is C15H28N4O4. The number of likely N-dealkylation sites (tertiary alicyclic amines) is 1. The van der Waals surface area contributed by atoms with Crippen LogP contribution in [0.5, 0.6) is 0 Å². The molecule has 23 heavy (non-hydrogen) atoms. The second-order valence-corrected chi connectivity index (χ2v) is 6.40. The van der Waals surface area contributed by atoms with Gasteiger partial charge in [0, 0.05) is 25.2 Å². The maximum absolute atomic E-state index is 12.6. The Labute approximate surface area is 137 Å². The van der Waals surface area contributed by atoms with E-state index in [-0.39, 0.29) is 29.9 Å². The Hall–Kier alpha value is -1.99. The average Bonchev–Trinajstić information content (AvgIpc) is 2.90. The molecule has 1 fully saturated rings. The van der Waals surface area contributed by atoms with Gasteiger partial charge in [-0.2, -0.15) is 0 Å². The standard InChI is InChI=1S/C15H28N4O4/c1-9(2)12(18-15(22)23-5)13(20)19-7-6-11(8-19)17-14(21)16-10(3)4/h9-12H,6-8H2,1-5H3,(H,18,22)(H2,16,17,21)/t11-,12-/m0/s1. The predicted molar refractivity (Wildman–Crippen MR) is 86.0 cm³/mol. The third-order valence-corrected chi connectivity index (χ3v) is 3.65. The minimum Gasteiger partial charge on any atom is -0.453 e. The summed E-state index contributed by atoms with van der Waals surface area (Å²) >= 11 is 0. The molecule has 1 aliphatic heterocycles. The Balaban J connectivity index is 2.57. The van der Waals surface area contributed by atoms with Crippen molar-refractivity contribution in [3.63, 3.8) is 0 Å². The molecule has 4 amide bonds. The molecule has 0 aromatic carbocycles. The van der Waals surface area contributed by atoms with Gasteiger partial charge in [0.25, 0.3) is 0 Å². The number of methoxy groups -OCH3 is 1. The Bertz CT molecular complexity index is 439. The highest BCUT2D eigenvalue weighted by atomic mass is 16.5. The first-order chi connectivity index (χ1) is 10.7. The van der Waals surface area contributed by atoms with Gasteiger partial charge in [0.05, 0.1) is 7.11 Å². The molecule has 0 aromatic rings. The second kappa shape index (κ2) is 8.59. The highest BCUT2D eigenvalue weighted by Gasteiger charge is 2.34. The molecule has 8 heteroatoms. The van der Waals surface area contributed by atoms with E-state index in [1.54, 1.807) is 4.90 Å². The van der Waals surface area contributed by atoms with Crippen LogP contribution in [0.4, 0.5) is 9.59 Å². The topological polar surface area (TPSA) is 99.8 Å². The van der Waals surface area contributed by atoms with Gasteiger partial charge in [-0.05, 0) is 26.2 Å². The number of hydrogen-bond acceptors (Lipinski definition) is 4. The van der Waals surface area contributed by atoms with Crippen LogP contribution >= 0.6 is 0 Å². The van der Waals surface area contributed by atoms with Gasteiger partial charge in [0.1, 0.15) is 6.04 Å². The first kappa shape index (κ1) is 19.1. The normalized spacial score (nSPS) is 18.7. The van der Waals surface area contributed by atoms with Crippen LogP contribution in [-0.2, 0) is 9.53 Å². The quantitative estimate of drug-likeness (QED) is 0.691. The van der Waals surface area contributed by atoms with Gasteiger partial charge in [-0.3, -0.25) is 4.79 Å². The zero-order chi connectivity index (χ0) is 17.6. The van der Waals surface area contributed by atoms with Crippen molar-refractivity contribution in [2.24, 2.45) is 5.92 Å². The largest absolute Gasteiger partial charge is 0.453 e. The van der Waals surface area contributed by atoms with Crippen LogP contribution in [0.2, 0.25) is 0 Å². The highest BCUT2D eigenvalue weighted by Crippen LogP contribution is 2.14. The zero-order valence-electron chi connectivity index (χ0n) is 14.5. The number of urea groups is 1. The van der Waals surface area contributed by atoms with Crippen molar-refractivity contribution in [3.05, 3.63) is 0 Å². The summed E-state index contributed by atoms with van der Waals surface area (Å²) in [6, 6.07) is -0.884. The van der Waals surface area contributed by atoms with Gasteiger partial charge in [-0.1, -0.05) is 13.8 Å². The molecule has 2 atom stereocenters. The van der Waals surface area contributed by atoms with Crippen molar-refractivity contribution in [2.45, 2.75) is 52.2 Å². The maximum Gasteiger partial charge on any atom is 0.407 e. The fourth-order valence-electron chi connectivity index (χ4n) is 2.46. The number of nitrogens with zero attached hydrogens (tertiary/aromatic N) is 1. The average molecular weight is 328 g/mol. The zero-order valence-corrected chi connectivity index (χ0v) is 14.5. The molecule has 0 radical (unpaired) electrons. The van der Waals surface area contributed by atoms with Gasteiger partial charge in [-0.15, -0.1) is 0 Å². The van der Waals surface area contributed by atoms with Gasteiger partial charge >= 0.3 is 12.1 Å². The number of carbonyl (C=O) groups excluding carboxylic acids is 3. The third kappa shape index (κ3) is 5.96. The summed E-state index contributed by atoms with van der Waals surface area (Å²) in [6.07, 6.45) is 0.0718. The SMILES string of the molecule is COC(=O)N[C@H](C(=O)N1CC[C@H](NC(=O)NC(C)C)C1)C(C)C. The number of rotatable bonds is 5. The molecule has 0 aromatic heterocycles. The summed E-state index contributed by atoms with van der Waals surface area (Å²) in [7, 11) is 1.26.